The van der Waals surface area contributed by atoms with Crippen molar-refractivity contribution >= 4 is 51.4 Å². The van der Waals surface area contributed by atoms with E-state index >= 15 is 0 Å². The van der Waals surface area contributed by atoms with Crippen LogP contribution in [-0.2, 0) is 0 Å². The van der Waals surface area contributed by atoms with Crippen LogP contribution in [0.3, 0.4) is 0 Å². The van der Waals surface area contributed by atoms with Crippen LogP contribution in [0.15, 0.2) is 0 Å². The van der Waals surface area contributed by atoms with Gasteiger partial charge in [0, 0.05) is 6.61 Å². The van der Waals surface area contributed by atoms with Crippen molar-refractivity contribution < 1.29 is 5.11 Å². The molecule has 0 aromatic carbocycles. The monoisotopic (exact) mass is 142 g/mol. The van der Waals surface area contributed by atoms with Crippen molar-refractivity contribution in [3.63, 3.8) is 0 Å². The van der Waals surface area contributed by atoms with Gasteiger partial charge in [0.25, 0.3) is 0 Å². The molecule has 0 radical (unpaired) electrons. The molecule has 1 nitrogen and oxygen atoms in total. The van der Waals surface area contributed by atoms with Gasteiger partial charge < -0.3 is 5.11 Å². The average Bonchev–Trinajstić information content (AvgIpc) is 1.61. The van der Waals surface area contributed by atoms with E-state index in [-0.39, 0.29) is 51.4 Å². The Morgan fingerprint density at radius 2 is 1.88 bits per heavy atom. The fourth-order valence-corrected chi connectivity index (χ4v) is 0.500. The van der Waals surface area contributed by atoms with Crippen molar-refractivity contribution in [2.24, 2.45) is 5.92 Å². The summed E-state index contributed by atoms with van der Waals surface area (Å²) < 4.78 is 0. The maximum absolute atomic E-state index is 8.32. The Morgan fingerprint density at radius 1 is 1.38 bits per heavy atom. The van der Waals surface area contributed by atoms with Crippen LogP contribution >= 0.6 is 0 Å². The Morgan fingerprint density at radius 3 is 2.00 bits per heavy atom. The maximum atomic E-state index is 8.32. The van der Waals surface area contributed by atoms with Crippen LogP contribution in [0.25, 0.3) is 0 Å². The van der Waals surface area contributed by atoms with E-state index < -0.39 is 0 Å². The zero-order valence-electron chi connectivity index (χ0n) is 5.15. The van der Waals surface area contributed by atoms with E-state index in [4.69, 9.17) is 5.11 Å². The van der Waals surface area contributed by atoms with Gasteiger partial charge in [0.05, 0.1) is 0 Å². The van der Waals surface area contributed by atoms with E-state index in [9.17, 15) is 0 Å². The molecule has 0 heterocycles. The summed E-state index contributed by atoms with van der Waals surface area (Å²) in [4.78, 5) is 0. The molecule has 0 bridgehead atoms. The number of hydrogen-bond donors (Lipinski definition) is 1. The quantitative estimate of drug-likeness (QED) is 0.577. The van der Waals surface area contributed by atoms with E-state index in [0.29, 0.717) is 6.61 Å². The first kappa shape index (κ1) is 12.3. The van der Waals surface area contributed by atoms with Gasteiger partial charge in [0.1, 0.15) is 0 Å². The number of hydrogen-bond acceptors (Lipinski definition) is 1. The summed E-state index contributed by atoms with van der Waals surface area (Å²) >= 11 is 0. The third-order valence-electron chi connectivity index (χ3n) is 0.940. The Kier molecular flexibility index (Phi) is 13.2. The van der Waals surface area contributed by atoms with Crippen LogP contribution in [0.5, 0.6) is 0 Å². The predicted octanol–water partition coefficient (Wildman–Crippen LogP) is 0.766. The number of rotatable bonds is 3. The van der Waals surface area contributed by atoms with Gasteiger partial charge in [-0.1, -0.05) is 13.8 Å². The van der Waals surface area contributed by atoms with Crippen molar-refractivity contribution in [2.75, 3.05) is 6.61 Å². The molecular formula is C6H15KO. The van der Waals surface area contributed by atoms with Gasteiger partial charge in [0.2, 0.25) is 0 Å². The molecule has 2 heteroatoms. The molecule has 0 aromatic rings. The normalized spacial score (nSPS) is 9.00. The molecule has 8 heavy (non-hydrogen) atoms. The van der Waals surface area contributed by atoms with Gasteiger partial charge in [-0.15, -0.1) is 0 Å². The molecule has 1 N–H and O–H groups in total. The fourth-order valence-electron chi connectivity index (χ4n) is 0.500. The van der Waals surface area contributed by atoms with Crippen molar-refractivity contribution in [3.8, 4) is 0 Å². The third kappa shape index (κ3) is 10.6. The zero-order valence-corrected chi connectivity index (χ0v) is 5.15. The Balaban J connectivity index is 0. The van der Waals surface area contributed by atoms with Gasteiger partial charge in [-0.05, 0) is 18.8 Å². The molecule has 0 aliphatic rings. The molecule has 0 saturated carbocycles. The first-order valence-corrected chi connectivity index (χ1v) is 2.88. The SMILES string of the molecule is CC(C)CCCO.[KH]. The van der Waals surface area contributed by atoms with Gasteiger partial charge in [-0.3, -0.25) is 0 Å². The molecule has 0 spiro atoms. The summed E-state index contributed by atoms with van der Waals surface area (Å²) in [6, 6.07) is 0. The molecule has 46 valence electrons. The summed E-state index contributed by atoms with van der Waals surface area (Å²) in [6.45, 7) is 4.67. The Labute approximate surface area is 94.3 Å². The van der Waals surface area contributed by atoms with Crippen molar-refractivity contribution in [1.29, 1.82) is 0 Å². The summed E-state index contributed by atoms with van der Waals surface area (Å²) in [6.07, 6.45) is 2.11. The average molecular weight is 142 g/mol. The molecule has 0 amide bonds. The predicted molar refractivity (Wildman–Crippen MR) is 38.3 cm³/mol. The molecule has 0 fully saturated rings. The summed E-state index contributed by atoms with van der Waals surface area (Å²) in [7, 11) is 0. The third-order valence-corrected chi connectivity index (χ3v) is 0.940. The van der Waals surface area contributed by atoms with E-state index in [0.717, 1.165) is 18.8 Å². The van der Waals surface area contributed by atoms with Crippen molar-refractivity contribution in [1.82, 2.24) is 0 Å². The second-order valence-corrected chi connectivity index (χ2v) is 2.26. The van der Waals surface area contributed by atoms with E-state index in [1.807, 2.05) is 0 Å². The summed E-state index contributed by atoms with van der Waals surface area (Å²) in [5, 5.41) is 8.32. The molecular weight excluding hydrogens is 127 g/mol. The van der Waals surface area contributed by atoms with Crippen LogP contribution in [-0.4, -0.2) is 63.1 Å². The van der Waals surface area contributed by atoms with E-state index in [1.165, 1.54) is 0 Å². The van der Waals surface area contributed by atoms with Gasteiger partial charge >= 0.3 is 51.4 Å². The number of aliphatic hydroxyl groups is 1. The van der Waals surface area contributed by atoms with Crippen LogP contribution in [0.1, 0.15) is 26.7 Å². The number of aliphatic hydroxyl groups excluding tert-OH is 1. The first-order valence-electron chi connectivity index (χ1n) is 2.88. The van der Waals surface area contributed by atoms with Gasteiger partial charge in [-0.2, -0.15) is 0 Å². The Hall–Kier alpha value is 1.60. The Bertz CT molecular complexity index is 37.5. The van der Waals surface area contributed by atoms with Gasteiger partial charge in [0.15, 0.2) is 0 Å². The molecule has 0 rings (SSSR count). The van der Waals surface area contributed by atoms with E-state index in [2.05, 4.69) is 13.8 Å². The van der Waals surface area contributed by atoms with Crippen LogP contribution < -0.4 is 0 Å². The second kappa shape index (κ2) is 8.60. The zero-order chi connectivity index (χ0) is 5.70. The molecule has 0 saturated heterocycles. The van der Waals surface area contributed by atoms with Crippen LogP contribution in [0, 0.1) is 5.92 Å². The summed E-state index contributed by atoms with van der Waals surface area (Å²) in [5.74, 6) is 0.743. The van der Waals surface area contributed by atoms with Crippen molar-refractivity contribution in [3.05, 3.63) is 0 Å². The minimum atomic E-state index is 0. The summed E-state index contributed by atoms with van der Waals surface area (Å²) in [5.41, 5.74) is 0. The molecule has 0 unspecified atom stereocenters. The van der Waals surface area contributed by atoms with Crippen LogP contribution in [0.2, 0.25) is 0 Å². The van der Waals surface area contributed by atoms with Crippen molar-refractivity contribution in [2.45, 2.75) is 26.7 Å². The minimum absolute atomic E-state index is 0. The second-order valence-electron chi connectivity index (χ2n) is 2.26. The molecule has 0 aromatic heterocycles. The standard InChI is InChI=1S/C6H14O.K.H/c1-6(2)4-3-5-7;;/h6-7H,3-5H2,1-2H3;;. The topological polar surface area (TPSA) is 20.2 Å². The molecule has 0 atom stereocenters. The van der Waals surface area contributed by atoms with E-state index in [1.54, 1.807) is 0 Å². The van der Waals surface area contributed by atoms with Gasteiger partial charge in [-0.25, -0.2) is 0 Å². The first-order chi connectivity index (χ1) is 3.27. The molecule has 0 aliphatic carbocycles. The molecule has 0 aliphatic heterocycles. The van der Waals surface area contributed by atoms with Crippen LogP contribution in [0.4, 0.5) is 0 Å². The fraction of sp³-hybridized carbons (Fsp3) is 1.00.